The number of para-hydroxylation sites is 2. The zero-order valence-electron chi connectivity index (χ0n) is 12.2. The van der Waals surface area contributed by atoms with E-state index in [-0.39, 0.29) is 24.2 Å². The van der Waals surface area contributed by atoms with Gasteiger partial charge in [-0.1, -0.05) is 36.4 Å². The molecule has 2 rings (SSSR count). The summed E-state index contributed by atoms with van der Waals surface area (Å²) in [6.07, 6.45) is 0.0889. The molecule has 114 valence electrons. The molecule has 0 heterocycles. The predicted octanol–water partition coefficient (Wildman–Crippen LogP) is 3.31. The van der Waals surface area contributed by atoms with Crippen molar-refractivity contribution in [1.29, 1.82) is 0 Å². The van der Waals surface area contributed by atoms with Gasteiger partial charge in [0.15, 0.2) is 0 Å². The van der Waals surface area contributed by atoms with Gasteiger partial charge in [-0.25, -0.2) is 0 Å². The summed E-state index contributed by atoms with van der Waals surface area (Å²) in [5.41, 5.74) is 2.03. The van der Waals surface area contributed by atoms with Crippen LogP contribution in [0.15, 0.2) is 54.6 Å². The first-order valence-electron chi connectivity index (χ1n) is 6.76. The van der Waals surface area contributed by atoms with Crippen LogP contribution >= 0.6 is 11.6 Å². The number of ether oxygens (including phenoxy) is 1. The fourth-order valence-corrected chi connectivity index (χ4v) is 2.28. The van der Waals surface area contributed by atoms with Crippen molar-refractivity contribution in [3.05, 3.63) is 60.2 Å². The van der Waals surface area contributed by atoms with Crippen molar-refractivity contribution < 1.29 is 14.3 Å². The molecule has 2 aromatic rings. The summed E-state index contributed by atoms with van der Waals surface area (Å²) in [5.74, 6) is -0.773. The van der Waals surface area contributed by atoms with E-state index in [1.165, 1.54) is 12.0 Å². The van der Waals surface area contributed by atoms with Crippen molar-refractivity contribution in [3.8, 4) is 0 Å². The quantitative estimate of drug-likeness (QED) is 0.628. The number of esters is 1. The van der Waals surface area contributed by atoms with Crippen molar-refractivity contribution in [1.82, 2.24) is 0 Å². The summed E-state index contributed by atoms with van der Waals surface area (Å²) in [6.45, 7) is 0. The molecule has 0 fully saturated rings. The van der Waals surface area contributed by atoms with Crippen LogP contribution in [0.3, 0.4) is 0 Å². The minimum atomic E-state index is -0.362. The van der Waals surface area contributed by atoms with Crippen LogP contribution in [0.1, 0.15) is 5.56 Å². The minimum Gasteiger partial charge on any atom is -0.469 e. The molecule has 2 aromatic carbocycles. The molecule has 0 aromatic heterocycles. The number of carbonyl (C=O) groups is 2. The zero-order valence-corrected chi connectivity index (χ0v) is 12.9. The maximum absolute atomic E-state index is 12.3. The lowest BCUT2D eigenvalue weighted by Crippen LogP contribution is -2.28. The standard InChI is InChI=1S/C17H16ClNO3/c1-22-17(21)11-13-7-5-6-10-15(13)19(16(20)12-18)14-8-3-2-4-9-14/h2-10H,11-12H2,1H3. The first-order chi connectivity index (χ1) is 10.7. The van der Waals surface area contributed by atoms with Gasteiger partial charge in [0, 0.05) is 5.69 Å². The maximum atomic E-state index is 12.3. The third-order valence-corrected chi connectivity index (χ3v) is 3.40. The Morgan fingerprint density at radius 1 is 1.05 bits per heavy atom. The zero-order chi connectivity index (χ0) is 15.9. The van der Waals surface area contributed by atoms with E-state index in [0.717, 1.165) is 0 Å². The van der Waals surface area contributed by atoms with Crippen molar-refractivity contribution in [2.75, 3.05) is 17.9 Å². The van der Waals surface area contributed by atoms with E-state index in [1.807, 2.05) is 42.5 Å². The summed E-state index contributed by atoms with van der Waals surface area (Å²) in [6, 6.07) is 16.4. The molecule has 5 heteroatoms. The smallest absolute Gasteiger partial charge is 0.310 e. The lowest BCUT2D eigenvalue weighted by molar-refractivity contribution is -0.139. The van der Waals surface area contributed by atoms with Crippen molar-refractivity contribution in [2.24, 2.45) is 0 Å². The highest BCUT2D eigenvalue weighted by Crippen LogP contribution is 2.29. The molecule has 0 unspecified atom stereocenters. The highest BCUT2D eigenvalue weighted by molar-refractivity contribution is 6.30. The van der Waals surface area contributed by atoms with Crippen LogP contribution < -0.4 is 4.90 Å². The van der Waals surface area contributed by atoms with Gasteiger partial charge in [0.2, 0.25) is 5.91 Å². The van der Waals surface area contributed by atoms with Gasteiger partial charge < -0.3 is 4.74 Å². The number of benzene rings is 2. The van der Waals surface area contributed by atoms with Gasteiger partial charge in [-0.2, -0.15) is 0 Å². The Hall–Kier alpha value is -2.33. The first kappa shape index (κ1) is 16.0. The largest absolute Gasteiger partial charge is 0.469 e. The van der Waals surface area contributed by atoms with Gasteiger partial charge in [0.25, 0.3) is 0 Å². The minimum absolute atomic E-state index is 0.0889. The van der Waals surface area contributed by atoms with Gasteiger partial charge in [-0.05, 0) is 23.8 Å². The number of rotatable bonds is 5. The van der Waals surface area contributed by atoms with Crippen LogP contribution in [-0.4, -0.2) is 24.9 Å². The molecule has 0 atom stereocenters. The fourth-order valence-electron chi connectivity index (χ4n) is 2.16. The summed E-state index contributed by atoms with van der Waals surface area (Å²) in [4.78, 5) is 25.4. The van der Waals surface area contributed by atoms with Gasteiger partial charge in [0.05, 0.1) is 19.2 Å². The highest BCUT2D eigenvalue weighted by Gasteiger charge is 2.20. The van der Waals surface area contributed by atoms with Crippen LogP contribution in [0.4, 0.5) is 11.4 Å². The van der Waals surface area contributed by atoms with Crippen molar-refractivity contribution in [2.45, 2.75) is 6.42 Å². The number of amides is 1. The average molecular weight is 318 g/mol. The number of halogens is 1. The molecule has 0 bridgehead atoms. The van der Waals surface area contributed by atoms with Crippen molar-refractivity contribution in [3.63, 3.8) is 0 Å². The SMILES string of the molecule is COC(=O)Cc1ccccc1N(C(=O)CCl)c1ccccc1. The molecule has 0 N–H and O–H groups in total. The Morgan fingerprint density at radius 3 is 2.32 bits per heavy atom. The molecular weight excluding hydrogens is 302 g/mol. The average Bonchev–Trinajstić information content (AvgIpc) is 2.57. The van der Waals surface area contributed by atoms with E-state index in [1.54, 1.807) is 12.1 Å². The second-order valence-electron chi connectivity index (χ2n) is 4.58. The van der Waals surface area contributed by atoms with E-state index in [4.69, 9.17) is 16.3 Å². The van der Waals surface area contributed by atoms with Crippen LogP contribution in [-0.2, 0) is 20.7 Å². The Bertz CT molecular complexity index is 658. The Kier molecular flexibility index (Phi) is 5.55. The number of nitrogens with zero attached hydrogens (tertiary/aromatic N) is 1. The molecule has 0 aliphatic rings. The molecule has 0 saturated heterocycles. The van der Waals surface area contributed by atoms with Crippen molar-refractivity contribution >= 4 is 34.9 Å². The third kappa shape index (κ3) is 3.65. The molecule has 22 heavy (non-hydrogen) atoms. The van der Waals surface area contributed by atoms with E-state index in [9.17, 15) is 9.59 Å². The van der Waals surface area contributed by atoms with Gasteiger partial charge in [-0.15, -0.1) is 11.6 Å². The molecule has 0 aliphatic carbocycles. The number of hydrogen-bond acceptors (Lipinski definition) is 3. The second kappa shape index (κ2) is 7.61. The van der Waals surface area contributed by atoms with Crippen LogP contribution in [0.2, 0.25) is 0 Å². The van der Waals surface area contributed by atoms with E-state index in [0.29, 0.717) is 16.9 Å². The molecular formula is C17H16ClNO3. The van der Waals surface area contributed by atoms with Gasteiger partial charge in [0.1, 0.15) is 5.88 Å². The lowest BCUT2D eigenvalue weighted by atomic mass is 10.1. The maximum Gasteiger partial charge on any atom is 0.310 e. The highest BCUT2D eigenvalue weighted by atomic mass is 35.5. The van der Waals surface area contributed by atoms with Crippen LogP contribution in [0, 0.1) is 0 Å². The molecule has 4 nitrogen and oxygen atoms in total. The summed E-state index contributed by atoms with van der Waals surface area (Å²) >= 11 is 5.75. The lowest BCUT2D eigenvalue weighted by Gasteiger charge is -2.24. The monoisotopic (exact) mass is 317 g/mol. The number of anilines is 2. The summed E-state index contributed by atoms with van der Waals surface area (Å²) in [7, 11) is 1.34. The number of methoxy groups -OCH3 is 1. The molecule has 0 radical (unpaired) electrons. The third-order valence-electron chi connectivity index (χ3n) is 3.17. The topological polar surface area (TPSA) is 46.6 Å². The number of carbonyl (C=O) groups excluding carboxylic acids is 2. The van der Waals surface area contributed by atoms with Gasteiger partial charge in [-0.3, -0.25) is 14.5 Å². The fraction of sp³-hybridized carbons (Fsp3) is 0.176. The molecule has 0 spiro atoms. The van der Waals surface area contributed by atoms with Crippen LogP contribution in [0.5, 0.6) is 0 Å². The second-order valence-corrected chi connectivity index (χ2v) is 4.85. The summed E-state index contributed by atoms with van der Waals surface area (Å²) in [5, 5.41) is 0. The number of alkyl halides is 1. The molecule has 0 aliphatic heterocycles. The predicted molar refractivity (Wildman–Crippen MR) is 86.5 cm³/mol. The first-order valence-corrected chi connectivity index (χ1v) is 7.29. The molecule has 0 saturated carbocycles. The Morgan fingerprint density at radius 2 is 1.68 bits per heavy atom. The van der Waals surface area contributed by atoms with E-state index in [2.05, 4.69) is 0 Å². The Balaban J connectivity index is 2.49. The van der Waals surface area contributed by atoms with E-state index < -0.39 is 0 Å². The normalized spacial score (nSPS) is 10.1. The van der Waals surface area contributed by atoms with E-state index >= 15 is 0 Å². The number of hydrogen-bond donors (Lipinski definition) is 0. The van der Waals surface area contributed by atoms with Gasteiger partial charge >= 0.3 is 5.97 Å². The summed E-state index contributed by atoms with van der Waals surface area (Å²) < 4.78 is 4.71. The Labute approximate surface area is 134 Å². The van der Waals surface area contributed by atoms with Crippen LogP contribution in [0.25, 0.3) is 0 Å². The molecule has 1 amide bonds.